The third kappa shape index (κ3) is 5.40. The smallest absolute Gasteiger partial charge is 0.250 e. The first-order chi connectivity index (χ1) is 17.5. The first-order valence-electron chi connectivity index (χ1n) is 12.0. The van der Waals surface area contributed by atoms with E-state index in [-0.39, 0.29) is 36.8 Å². The largest absolute Gasteiger partial charge is 0.464 e. The van der Waals surface area contributed by atoms with Crippen LogP contribution in [0.2, 0.25) is 0 Å². The third-order valence-electron chi connectivity index (χ3n) is 6.21. The predicted molar refractivity (Wildman–Crippen MR) is 132 cm³/mol. The highest BCUT2D eigenvalue weighted by Crippen LogP contribution is 2.28. The van der Waals surface area contributed by atoms with Crippen LogP contribution in [0.5, 0.6) is 0 Å². The molecule has 1 saturated carbocycles. The van der Waals surface area contributed by atoms with Crippen molar-refractivity contribution >= 4 is 23.2 Å². The second-order valence-electron chi connectivity index (χ2n) is 9.00. The molecule has 1 atom stereocenters. The Morgan fingerprint density at radius 1 is 1.14 bits per heavy atom. The molecule has 1 fully saturated rings. The average Bonchev–Trinajstić information content (AvgIpc) is 3.66. The van der Waals surface area contributed by atoms with Gasteiger partial charge in [0.15, 0.2) is 11.8 Å². The number of nitrogens with one attached hydrogen (secondary N) is 1. The number of tetrazole rings is 1. The van der Waals surface area contributed by atoms with Gasteiger partial charge in [-0.25, -0.2) is 0 Å². The Labute approximate surface area is 212 Å². The highest BCUT2D eigenvalue weighted by molar-refractivity contribution is 7.09. The van der Waals surface area contributed by atoms with Gasteiger partial charge in [-0.1, -0.05) is 18.9 Å². The Balaban J connectivity index is 1.43. The van der Waals surface area contributed by atoms with Crippen molar-refractivity contribution < 1.29 is 18.4 Å². The zero-order chi connectivity index (χ0) is 25.1. The number of rotatable bonds is 9. The summed E-state index contributed by atoms with van der Waals surface area (Å²) < 4.78 is 11.4. The highest BCUT2D eigenvalue weighted by Gasteiger charge is 2.36. The van der Waals surface area contributed by atoms with Crippen molar-refractivity contribution in [3.05, 3.63) is 63.9 Å². The Morgan fingerprint density at radius 2 is 1.92 bits per heavy atom. The predicted octanol–water partition coefficient (Wildman–Crippen LogP) is 4.03. The summed E-state index contributed by atoms with van der Waals surface area (Å²) in [6.07, 6.45) is 4.05. The number of furan rings is 2. The molecule has 4 heterocycles. The molecule has 2 amide bonds. The molecule has 1 aliphatic rings. The van der Waals surface area contributed by atoms with Gasteiger partial charge in [0.2, 0.25) is 11.7 Å². The van der Waals surface area contributed by atoms with E-state index in [0.717, 1.165) is 36.3 Å². The monoisotopic (exact) mass is 508 g/mol. The van der Waals surface area contributed by atoms with Gasteiger partial charge >= 0.3 is 0 Å². The van der Waals surface area contributed by atoms with E-state index in [9.17, 15) is 9.59 Å². The third-order valence-corrected chi connectivity index (χ3v) is 7.07. The van der Waals surface area contributed by atoms with Gasteiger partial charge in [-0.2, -0.15) is 4.80 Å². The van der Waals surface area contributed by atoms with E-state index in [1.54, 1.807) is 18.2 Å². The zero-order valence-electron chi connectivity index (χ0n) is 20.2. The molecular weight excluding hydrogens is 480 g/mol. The molecule has 0 aromatic carbocycles. The van der Waals surface area contributed by atoms with E-state index >= 15 is 0 Å². The number of nitrogens with zero attached hydrogens (tertiary/aromatic N) is 5. The number of aryl methyl sites for hydroxylation is 2. The summed E-state index contributed by atoms with van der Waals surface area (Å²) in [6, 6.07) is 10.2. The summed E-state index contributed by atoms with van der Waals surface area (Å²) in [5.74, 6) is 2.00. The molecule has 188 valence electrons. The van der Waals surface area contributed by atoms with Gasteiger partial charge in [-0.15, -0.1) is 21.5 Å². The first-order valence-corrected chi connectivity index (χ1v) is 12.9. The van der Waals surface area contributed by atoms with Gasteiger partial charge in [0.05, 0.1) is 6.54 Å². The average molecular weight is 509 g/mol. The summed E-state index contributed by atoms with van der Waals surface area (Å²) >= 11 is 1.52. The number of amides is 2. The summed E-state index contributed by atoms with van der Waals surface area (Å²) in [7, 11) is 0. The van der Waals surface area contributed by atoms with E-state index < -0.39 is 6.04 Å². The minimum absolute atomic E-state index is 0.103. The lowest BCUT2D eigenvalue weighted by molar-refractivity contribution is -0.143. The number of hydrogen-bond donors (Lipinski definition) is 1. The maximum Gasteiger partial charge on any atom is 0.250 e. The minimum atomic E-state index is -0.926. The molecule has 4 aromatic rings. The summed E-state index contributed by atoms with van der Waals surface area (Å²) in [5.41, 5.74) is 0. The van der Waals surface area contributed by atoms with E-state index in [1.807, 2.05) is 37.4 Å². The molecule has 36 heavy (non-hydrogen) atoms. The quantitative estimate of drug-likeness (QED) is 0.362. The Kier molecular flexibility index (Phi) is 6.99. The molecule has 0 bridgehead atoms. The maximum atomic E-state index is 13.7. The summed E-state index contributed by atoms with van der Waals surface area (Å²) in [6.45, 7) is 3.70. The van der Waals surface area contributed by atoms with Crippen LogP contribution < -0.4 is 5.32 Å². The van der Waals surface area contributed by atoms with Crippen LogP contribution in [0.4, 0.5) is 0 Å². The van der Waals surface area contributed by atoms with Crippen LogP contribution in [-0.4, -0.2) is 43.0 Å². The molecule has 1 aliphatic carbocycles. The van der Waals surface area contributed by atoms with Gasteiger partial charge in [0.25, 0.3) is 5.91 Å². The molecule has 4 aromatic heterocycles. The van der Waals surface area contributed by atoms with E-state index in [2.05, 4.69) is 20.7 Å². The van der Waals surface area contributed by atoms with Crippen LogP contribution in [0.3, 0.4) is 0 Å². The molecule has 0 radical (unpaired) electrons. The summed E-state index contributed by atoms with van der Waals surface area (Å²) in [5, 5.41) is 17.4. The van der Waals surface area contributed by atoms with Crippen molar-refractivity contribution in [3.63, 3.8) is 0 Å². The lowest BCUT2D eigenvalue weighted by Crippen LogP contribution is -2.46. The normalized spacial score (nSPS) is 14.7. The van der Waals surface area contributed by atoms with Crippen LogP contribution >= 0.6 is 11.3 Å². The lowest BCUT2D eigenvalue weighted by atomic mass is 10.1. The van der Waals surface area contributed by atoms with Crippen molar-refractivity contribution in [2.45, 2.75) is 64.7 Å². The maximum absolute atomic E-state index is 13.7. The molecular formula is C25H28N6O4S. The van der Waals surface area contributed by atoms with Gasteiger partial charge in [-0.3, -0.25) is 9.59 Å². The molecule has 5 rings (SSSR count). The Hall–Kier alpha value is -3.73. The number of carbonyl (C=O) groups is 2. The van der Waals surface area contributed by atoms with Crippen molar-refractivity contribution in [1.29, 1.82) is 0 Å². The van der Waals surface area contributed by atoms with Crippen molar-refractivity contribution in [1.82, 2.24) is 30.4 Å². The number of thiophene rings is 1. The molecule has 0 aliphatic heterocycles. The minimum Gasteiger partial charge on any atom is -0.464 e. The molecule has 1 N–H and O–H groups in total. The van der Waals surface area contributed by atoms with Crippen molar-refractivity contribution in [2.75, 3.05) is 0 Å². The van der Waals surface area contributed by atoms with Crippen LogP contribution in [0.25, 0.3) is 11.6 Å². The number of hydrogen-bond acceptors (Lipinski definition) is 8. The topological polar surface area (TPSA) is 119 Å². The Morgan fingerprint density at radius 3 is 2.58 bits per heavy atom. The second-order valence-corrected chi connectivity index (χ2v) is 10.0. The van der Waals surface area contributed by atoms with Gasteiger partial charge in [0.1, 0.15) is 23.8 Å². The van der Waals surface area contributed by atoms with E-state index in [1.165, 1.54) is 21.0 Å². The molecule has 0 saturated heterocycles. The second kappa shape index (κ2) is 10.5. The van der Waals surface area contributed by atoms with Crippen LogP contribution in [0.1, 0.15) is 53.9 Å². The van der Waals surface area contributed by atoms with E-state index in [0.29, 0.717) is 17.3 Å². The zero-order valence-corrected chi connectivity index (χ0v) is 21.0. The Bertz CT molecular complexity index is 1320. The fraction of sp³-hybridized carbons (Fsp3) is 0.400. The van der Waals surface area contributed by atoms with E-state index in [4.69, 9.17) is 8.83 Å². The molecule has 11 heteroatoms. The standard InChI is InChI=1S/C25H28N6O4S/c1-16-9-11-20(34-16)23(25(33)26-18-6-3-4-7-18)30(14-19-8-5-13-36-19)22(32)15-31-28-24(27-29-31)21-12-10-17(2)35-21/h5,8-13,18,23H,3-4,6-7,14-15H2,1-2H3,(H,26,33)/t23-/m1/s1. The van der Waals surface area contributed by atoms with Crippen molar-refractivity contribution in [2.24, 2.45) is 0 Å². The first kappa shape index (κ1) is 24.0. The van der Waals surface area contributed by atoms with Crippen LogP contribution in [0, 0.1) is 13.8 Å². The van der Waals surface area contributed by atoms with Crippen molar-refractivity contribution in [3.8, 4) is 11.6 Å². The fourth-order valence-electron chi connectivity index (χ4n) is 4.44. The van der Waals surface area contributed by atoms with Crippen LogP contribution in [0.15, 0.2) is 50.6 Å². The van der Waals surface area contributed by atoms with Gasteiger partial charge in [-0.05, 0) is 67.6 Å². The van der Waals surface area contributed by atoms with Crippen LogP contribution in [-0.2, 0) is 22.7 Å². The lowest BCUT2D eigenvalue weighted by Gasteiger charge is -2.30. The highest BCUT2D eigenvalue weighted by atomic mass is 32.1. The molecule has 0 unspecified atom stereocenters. The van der Waals surface area contributed by atoms with Gasteiger partial charge in [0, 0.05) is 10.9 Å². The summed E-state index contributed by atoms with van der Waals surface area (Å²) in [4.78, 5) is 31.0. The fourth-order valence-corrected chi connectivity index (χ4v) is 5.15. The number of aromatic nitrogens is 4. The SMILES string of the molecule is Cc1ccc(-c2nnn(CC(=O)N(Cc3cccs3)[C@@H](C(=O)NC3CCCC3)c3ccc(C)o3)n2)o1. The molecule has 10 nitrogen and oxygen atoms in total. The van der Waals surface area contributed by atoms with Gasteiger partial charge < -0.3 is 19.1 Å². The molecule has 0 spiro atoms. The number of carbonyl (C=O) groups excluding carboxylic acids is 2.